The van der Waals surface area contributed by atoms with Crippen LogP contribution in [-0.2, 0) is 0 Å². The molecular weight excluding hydrogens is 257 g/mol. The lowest BCUT2D eigenvalue weighted by atomic mass is 10.1. The largest absolute Gasteiger partial charge is 0.494 e. The Bertz CT molecular complexity index is 692. The number of hydrogen-bond acceptors (Lipinski definition) is 4. The molecule has 0 unspecified atom stereocenters. The Balaban J connectivity index is 2.40. The molecule has 20 heavy (non-hydrogen) atoms. The van der Waals surface area contributed by atoms with Crippen LogP contribution in [0.1, 0.15) is 16.8 Å². The van der Waals surface area contributed by atoms with Crippen molar-refractivity contribution in [3.05, 3.63) is 46.9 Å². The number of rotatable bonds is 3. The minimum Gasteiger partial charge on any atom is -0.494 e. The predicted octanol–water partition coefficient (Wildman–Crippen LogP) is 3.46. The van der Waals surface area contributed by atoms with Crippen molar-refractivity contribution < 1.29 is 9.13 Å². The van der Waals surface area contributed by atoms with E-state index in [1.807, 2.05) is 19.9 Å². The van der Waals surface area contributed by atoms with Gasteiger partial charge in [-0.1, -0.05) is 0 Å². The van der Waals surface area contributed by atoms with Crippen LogP contribution in [0, 0.1) is 31.0 Å². The number of nitrogens with one attached hydrogen (secondary N) is 1. The van der Waals surface area contributed by atoms with Crippen LogP contribution in [0.15, 0.2) is 24.3 Å². The number of pyridine rings is 1. The molecule has 0 aliphatic heterocycles. The van der Waals surface area contributed by atoms with Crippen LogP contribution in [0.25, 0.3) is 0 Å². The average Bonchev–Trinajstić information content (AvgIpc) is 2.38. The lowest BCUT2D eigenvalue weighted by Gasteiger charge is -2.11. The molecule has 1 aromatic heterocycles. The quantitative estimate of drug-likeness (QED) is 0.928. The summed E-state index contributed by atoms with van der Waals surface area (Å²) >= 11 is 0. The molecule has 0 fully saturated rings. The number of halogens is 1. The average molecular weight is 271 g/mol. The monoisotopic (exact) mass is 271 g/mol. The molecule has 102 valence electrons. The summed E-state index contributed by atoms with van der Waals surface area (Å²) in [6.45, 7) is 3.68. The highest BCUT2D eigenvalue weighted by atomic mass is 19.1. The van der Waals surface area contributed by atoms with Gasteiger partial charge in [-0.2, -0.15) is 5.26 Å². The number of hydrogen-bond donors (Lipinski definition) is 1. The Morgan fingerprint density at radius 2 is 2.05 bits per heavy atom. The number of nitriles is 1. The van der Waals surface area contributed by atoms with Gasteiger partial charge in [0.15, 0.2) is 11.6 Å². The molecular formula is C15H14FN3O. The van der Waals surface area contributed by atoms with Gasteiger partial charge in [-0.15, -0.1) is 0 Å². The Hall–Kier alpha value is -2.61. The zero-order valence-corrected chi connectivity index (χ0v) is 11.5. The molecule has 0 amide bonds. The summed E-state index contributed by atoms with van der Waals surface area (Å²) in [6.07, 6.45) is 0. The number of aromatic nitrogens is 1. The first-order valence-electron chi connectivity index (χ1n) is 6.04. The van der Waals surface area contributed by atoms with Crippen LogP contribution in [0.3, 0.4) is 0 Å². The van der Waals surface area contributed by atoms with Crippen molar-refractivity contribution in [2.24, 2.45) is 0 Å². The normalized spacial score (nSPS) is 9.95. The Morgan fingerprint density at radius 3 is 2.65 bits per heavy atom. The number of aryl methyl sites for hydroxylation is 2. The number of benzene rings is 1. The van der Waals surface area contributed by atoms with E-state index in [1.165, 1.54) is 19.2 Å². The molecule has 0 spiro atoms. The van der Waals surface area contributed by atoms with E-state index in [0.717, 1.165) is 11.3 Å². The summed E-state index contributed by atoms with van der Waals surface area (Å²) in [5.74, 6) is 0.124. The molecule has 0 aliphatic rings. The van der Waals surface area contributed by atoms with E-state index in [4.69, 9.17) is 4.74 Å². The molecule has 2 aromatic rings. The Morgan fingerprint density at radius 1 is 1.30 bits per heavy atom. The van der Waals surface area contributed by atoms with Crippen LogP contribution in [0.5, 0.6) is 5.75 Å². The van der Waals surface area contributed by atoms with E-state index < -0.39 is 5.82 Å². The maximum absolute atomic E-state index is 13.6. The second-order valence-corrected chi connectivity index (χ2v) is 4.39. The number of nitrogens with zero attached hydrogens (tertiary/aromatic N) is 2. The standard InChI is InChI=1S/C15H14FN3O/c1-9-6-10(2)18-15(12(9)8-17)19-11-4-5-14(20-3)13(16)7-11/h4-7H,1-3H3,(H,18,19). The number of anilines is 2. The van der Waals surface area contributed by atoms with Gasteiger partial charge in [0.05, 0.1) is 12.7 Å². The van der Waals surface area contributed by atoms with E-state index in [-0.39, 0.29) is 5.75 Å². The lowest BCUT2D eigenvalue weighted by Crippen LogP contribution is -2.01. The minimum absolute atomic E-state index is 0.171. The summed E-state index contributed by atoms with van der Waals surface area (Å²) in [5, 5.41) is 12.1. The van der Waals surface area contributed by atoms with Crippen LogP contribution >= 0.6 is 0 Å². The first-order chi connectivity index (χ1) is 9.55. The molecule has 0 atom stereocenters. The van der Waals surface area contributed by atoms with Crippen molar-refractivity contribution in [3.8, 4) is 11.8 Å². The Labute approximate surface area is 116 Å². The number of ether oxygens (including phenoxy) is 1. The van der Waals surface area contributed by atoms with Crippen LogP contribution in [0.4, 0.5) is 15.9 Å². The fourth-order valence-electron chi connectivity index (χ4n) is 1.95. The summed E-state index contributed by atoms with van der Waals surface area (Å²) in [4.78, 5) is 4.29. The van der Waals surface area contributed by atoms with Crippen molar-refractivity contribution in [2.45, 2.75) is 13.8 Å². The molecule has 4 nitrogen and oxygen atoms in total. The van der Waals surface area contributed by atoms with Crippen molar-refractivity contribution >= 4 is 11.5 Å². The first kappa shape index (κ1) is 13.8. The topological polar surface area (TPSA) is 57.9 Å². The lowest BCUT2D eigenvalue weighted by molar-refractivity contribution is 0.386. The van der Waals surface area contributed by atoms with E-state index in [1.54, 1.807) is 6.07 Å². The van der Waals surface area contributed by atoms with Crippen molar-refractivity contribution in [2.75, 3.05) is 12.4 Å². The molecule has 1 heterocycles. The first-order valence-corrected chi connectivity index (χ1v) is 6.04. The Kier molecular flexibility index (Phi) is 3.85. The van der Waals surface area contributed by atoms with Crippen LogP contribution in [0.2, 0.25) is 0 Å². The van der Waals surface area contributed by atoms with Gasteiger partial charge in [0.1, 0.15) is 11.9 Å². The van der Waals surface area contributed by atoms with Gasteiger partial charge in [-0.25, -0.2) is 9.37 Å². The van der Waals surface area contributed by atoms with Crippen molar-refractivity contribution in [1.82, 2.24) is 4.98 Å². The van der Waals surface area contributed by atoms with Gasteiger partial charge >= 0.3 is 0 Å². The highest BCUT2D eigenvalue weighted by Gasteiger charge is 2.10. The third-order valence-corrected chi connectivity index (χ3v) is 2.87. The third-order valence-electron chi connectivity index (χ3n) is 2.87. The van der Waals surface area contributed by atoms with E-state index >= 15 is 0 Å². The van der Waals surface area contributed by atoms with Crippen LogP contribution < -0.4 is 10.1 Å². The zero-order valence-electron chi connectivity index (χ0n) is 11.5. The van der Waals surface area contributed by atoms with Gasteiger partial charge in [-0.3, -0.25) is 0 Å². The molecule has 1 aromatic carbocycles. The SMILES string of the molecule is COc1ccc(Nc2nc(C)cc(C)c2C#N)cc1F. The third kappa shape index (κ3) is 2.69. The zero-order chi connectivity index (χ0) is 14.7. The maximum Gasteiger partial charge on any atom is 0.167 e. The van der Waals surface area contributed by atoms with Gasteiger partial charge in [0.2, 0.25) is 0 Å². The second-order valence-electron chi connectivity index (χ2n) is 4.39. The molecule has 0 saturated heterocycles. The van der Waals surface area contributed by atoms with Gasteiger partial charge in [0, 0.05) is 17.4 Å². The van der Waals surface area contributed by atoms with Crippen molar-refractivity contribution in [1.29, 1.82) is 5.26 Å². The maximum atomic E-state index is 13.6. The van der Waals surface area contributed by atoms with Crippen LogP contribution in [-0.4, -0.2) is 12.1 Å². The molecule has 2 rings (SSSR count). The summed E-state index contributed by atoms with van der Waals surface area (Å²) < 4.78 is 18.5. The summed E-state index contributed by atoms with van der Waals surface area (Å²) in [7, 11) is 1.41. The smallest absolute Gasteiger partial charge is 0.167 e. The van der Waals surface area contributed by atoms with E-state index in [2.05, 4.69) is 16.4 Å². The molecule has 0 radical (unpaired) electrons. The summed E-state index contributed by atoms with van der Waals surface area (Å²) in [5.41, 5.74) is 2.58. The van der Waals surface area contributed by atoms with Gasteiger partial charge < -0.3 is 10.1 Å². The second kappa shape index (κ2) is 5.57. The number of methoxy groups -OCH3 is 1. The highest BCUT2D eigenvalue weighted by Crippen LogP contribution is 2.25. The summed E-state index contributed by atoms with van der Waals surface area (Å²) in [6, 6.07) is 8.43. The minimum atomic E-state index is -0.472. The van der Waals surface area contributed by atoms with Crippen molar-refractivity contribution in [3.63, 3.8) is 0 Å². The van der Waals surface area contributed by atoms with Gasteiger partial charge in [-0.05, 0) is 37.6 Å². The molecule has 5 heteroatoms. The van der Waals surface area contributed by atoms with Gasteiger partial charge in [0.25, 0.3) is 0 Å². The van der Waals surface area contributed by atoms with E-state index in [9.17, 15) is 9.65 Å². The molecule has 0 bridgehead atoms. The fourth-order valence-corrected chi connectivity index (χ4v) is 1.95. The molecule has 0 aliphatic carbocycles. The highest BCUT2D eigenvalue weighted by molar-refractivity contribution is 5.65. The molecule has 1 N–H and O–H groups in total. The predicted molar refractivity (Wildman–Crippen MR) is 74.7 cm³/mol. The molecule has 0 saturated carbocycles. The van der Waals surface area contributed by atoms with E-state index in [0.29, 0.717) is 17.1 Å². The fraction of sp³-hybridized carbons (Fsp3) is 0.200.